The molecule has 1 aromatic heterocycles. The highest BCUT2D eigenvalue weighted by atomic mass is 35.5. The van der Waals surface area contributed by atoms with E-state index in [-0.39, 0.29) is 0 Å². The van der Waals surface area contributed by atoms with Gasteiger partial charge in [0.1, 0.15) is 5.15 Å². The van der Waals surface area contributed by atoms with Crippen molar-refractivity contribution in [2.24, 2.45) is 0 Å². The summed E-state index contributed by atoms with van der Waals surface area (Å²) < 4.78 is 37.4. The predicted octanol–water partition coefficient (Wildman–Crippen LogP) is 3.89. The molecule has 2 rings (SSSR count). The van der Waals surface area contributed by atoms with Crippen LogP contribution in [0.15, 0.2) is 42.6 Å². The summed E-state index contributed by atoms with van der Waals surface area (Å²) in [5, 5.41) is 2.06. The monoisotopic (exact) mass is 315 g/mol. The standard InChI is InChI=1S/C14H13ClF3N3/c1-21(20-9-10-2-7-13(15)19-8-10)12-5-3-11(4-6-12)14(16,17)18/h2-8,20H,9H2,1H3. The quantitative estimate of drug-likeness (QED) is 0.685. The van der Waals surface area contributed by atoms with Crippen LogP contribution in [0.4, 0.5) is 18.9 Å². The van der Waals surface area contributed by atoms with Crippen molar-refractivity contribution in [2.75, 3.05) is 12.1 Å². The third kappa shape index (κ3) is 4.34. The number of hydrogen-bond acceptors (Lipinski definition) is 3. The number of alkyl halides is 3. The van der Waals surface area contributed by atoms with Gasteiger partial charge in [-0.25, -0.2) is 10.4 Å². The van der Waals surface area contributed by atoms with E-state index in [4.69, 9.17) is 11.6 Å². The van der Waals surface area contributed by atoms with Crippen LogP contribution in [0.2, 0.25) is 5.15 Å². The average molecular weight is 316 g/mol. The Bertz CT molecular complexity index is 582. The van der Waals surface area contributed by atoms with Crippen molar-refractivity contribution < 1.29 is 13.2 Å². The van der Waals surface area contributed by atoms with Crippen LogP contribution in [0.3, 0.4) is 0 Å². The van der Waals surface area contributed by atoms with Gasteiger partial charge in [0.25, 0.3) is 0 Å². The molecule has 0 atom stereocenters. The molecule has 0 saturated carbocycles. The maximum Gasteiger partial charge on any atom is 0.416 e. The topological polar surface area (TPSA) is 28.2 Å². The molecule has 0 bridgehead atoms. The van der Waals surface area contributed by atoms with E-state index in [1.54, 1.807) is 24.3 Å². The van der Waals surface area contributed by atoms with E-state index >= 15 is 0 Å². The van der Waals surface area contributed by atoms with Crippen LogP contribution in [-0.4, -0.2) is 12.0 Å². The van der Waals surface area contributed by atoms with Crippen molar-refractivity contribution in [1.82, 2.24) is 10.4 Å². The number of aromatic nitrogens is 1. The normalized spacial score (nSPS) is 11.5. The first-order valence-electron chi connectivity index (χ1n) is 6.11. The molecule has 1 N–H and O–H groups in total. The molecule has 0 spiro atoms. The van der Waals surface area contributed by atoms with E-state index in [1.165, 1.54) is 12.1 Å². The first-order valence-corrected chi connectivity index (χ1v) is 6.49. The van der Waals surface area contributed by atoms with Gasteiger partial charge in [-0.3, -0.25) is 0 Å². The zero-order valence-electron chi connectivity index (χ0n) is 11.2. The number of hydrazine groups is 1. The molecule has 0 amide bonds. The molecule has 1 aromatic carbocycles. The van der Waals surface area contributed by atoms with Gasteiger partial charge < -0.3 is 5.01 Å². The van der Waals surface area contributed by atoms with Gasteiger partial charge in [-0.2, -0.15) is 13.2 Å². The molecular weight excluding hydrogens is 303 g/mol. The van der Waals surface area contributed by atoms with Gasteiger partial charge in [-0.05, 0) is 35.9 Å². The highest BCUT2D eigenvalue weighted by molar-refractivity contribution is 6.29. The molecule has 0 aliphatic heterocycles. The largest absolute Gasteiger partial charge is 0.416 e. The summed E-state index contributed by atoms with van der Waals surface area (Å²) in [5.41, 5.74) is 3.94. The molecule has 0 unspecified atom stereocenters. The van der Waals surface area contributed by atoms with E-state index < -0.39 is 11.7 Å². The number of pyridine rings is 1. The van der Waals surface area contributed by atoms with Gasteiger partial charge in [-0.15, -0.1) is 0 Å². The zero-order chi connectivity index (χ0) is 15.5. The lowest BCUT2D eigenvalue weighted by molar-refractivity contribution is -0.137. The van der Waals surface area contributed by atoms with Crippen molar-refractivity contribution in [1.29, 1.82) is 0 Å². The average Bonchev–Trinajstić information content (AvgIpc) is 2.45. The molecule has 0 aliphatic rings. The third-order valence-electron chi connectivity index (χ3n) is 2.89. The van der Waals surface area contributed by atoms with Crippen LogP contribution in [0.25, 0.3) is 0 Å². The Labute approximate surface area is 125 Å². The molecule has 1 heterocycles. The minimum absolute atomic E-state index is 0.412. The fourth-order valence-corrected chi connectivity index (χ4v) is 1.80. The van der Waals surface area contributed by atoms with Gasteiger partial charge in [0, 0.05) is 19.8 Å². The van der Waals surface area contributed by atoms with E-state index in [9.17, 15) is 13.2 Å². The lowest BCUT2D eigenvalue weighted by Crippen LogP contribution is -2.33. The SMILES string of the molecule is CN(NCc1ccc(Cl)nc1)c1ccc(C(F)(F)F)cc1. The lowest BCUT2D eigenvalue weighted by Gasteiger charge is -2.21. The Morgan fingerprint density at radius 1 is 1.14 bits per heavy atom. The summed E-state index contributed by atoms with van der Waals surface area (Å²) >= 11 is 5.69. The van der Waals surface area contributed by atoms with E-state index in [0.29, 0.717) is 17.4 Å². The lowest BCUT2D eigenvalue weighted by atomic mass is 10.2. The number of halogens is 4. The predicted molar refractivity (Wildman–Crippen MR) is 75.9 cm³/mol. The second kappa shape index (κ2) is 6.32. The third-order valence-corrected chi connectivity index (χ3v) is 3.11. The molecule has 2 aromatic rings. The summed E-state index contributed by atoms with van der Waals surface area (Å²) in [4.78, 5) is 3.95. The fourth-order valence-electron chi connectivity index (χ4n) is 1.69. The molecule has 0 fully saturated rings. The highest BCUT2D eigenvalue weighted by Gasteiger charge is 2.30. The van der Waals surface area contributed by atoms with Gasteiger partial charge in [0.15, 0.2) is 0 Å². The number of benzene rings is 1. The Balaban J connectivity index is 1.97. The van der Waals surface area contributed by atoms with Crippen LogP contribution in [0, 0.1) is 0 Å². The first-order chi connectivity index (χ1) is 9.86. The number of nitrogens with zero attached hydrogens (tertiary/aromatic N) is 2. The molecular formula is C14H13ClF3N3. The Kier molecular flexibility index (Phi) is 4.69. The van der Waals surface area contributed by atoms with E-state index in [1.807, 2.05) is 6.07 Å². The van der Waals surface area contributed by atoms with Crippen LogP contribution in [-0.2, 0) is 12.7 Å². The van der Waals surface area contributed by atoms with E-state index in [0.717, 1.165) is 17.7 Å². The number of hydrogen-bond donors (Lipinski definition) is 1. The first kappa shape index (κ1) is 15.6. The van der Waals surface area contributed by atoms with Crippen molar-refractivity contribution in [3.63, 3.8) is 0 Å². The summed E-state index contributed by atoms with van der Waals surface area (Å²) in [7, 11) is 1.73. The Morgan fingerprint density at radius 2 is 1.81 bits per heavy atom. The molecule has 0 aliphatic carbocycles. The molecule has 7 heteroatoms. The van der Waals surface area contributed by atoms with E-state index in [2.05, 4.69) is 10.4 Å². The molecule has 21 heavy (non-hydrogen) atoms. The van der Waals surface area contributed by atoms with Gasteiger partial charge >= 0.3 is 6.18 Å². The number of rotatable bonds is 4. The molecule has 0 saturated heterocycles. The summed E-state index contributed by atoms with van der Waals surface area (Å²) in [6, 6.07) is 8.43. The second-order valence-corrected chi connectivity index (χ2v) is 4.81. The maximum atomic E-state index is 12.5. The molecule has 112 valence electrons. The van der Waals surface area contributed by atoms with Crippen molar-refractivity contribution in [3.8, 4) is 0 Å². The summed E-state index contributed by atoms with van der Waals surface area (Å²) in [6.45, 7) is 0.488. The maximum absolute atomic E-state index is 12.5. The second-order valence-electron chi connectivity index (χ2n) is 4.43. The van der Waals surface area contributed by atoms with Crippen molar-refractivity contribution in [3.05, 3.63) is 58.9 Å². The molecule has 3 nitrogen and oxygen atoms in total. The van der Waals surface area contributed by atoms with Crippen LogP contribution in [0.1, 0.15) is 11.1 Å². The smallest absolute Gasteiger partial charge is 0.311 e. The fraction of sp³-hybridized carbons (Fsp3) is 0.214. The number of anilines is 1. The van der Waals surface area contributed by atoms with Crippen LogP contribution < -0.4 is 10.4 Å². The van der Waals surface area contributed by atoms with Gasteiger partial charge in [-0.1, -0.05) is 17.7 Å². The Hall–Kier alpha value is -1.79. The van der Waals surface area contributed by atoms with Gasteiger partial charge in [0.05, 0.1) is 11.3 Å². The minimum atomic E-state index is -4.32. The minimum Gasteiger partial charge on any atom is -0.311 e. The number of nitrogens with one attached hydrogen (secondary N) is 1. The van der Waals surface area contributed by atoms with Gasteiger partial charge in [0.2, 0.25) is 0 Å². The van der Waals surface area contributed by atoms with Crippen molar-refractivity contribution >= 4 is 17.3 Å². The van der Waals surface area contributed by atoms with Crippen LogP contribution >= 0.6 is 11.6 Å². The summed E-state index contributed by atoms with van der Waals surface area (Å²) in [5.74, 6) is 0. The van der Waals surface area contributed by atoms with Crippen molar-refractivity contribution in [2.45, 2.75) is 12.7 Å². The summed E-state index contributed by atoms with van der Waals surface area (Å²) in [6.07, 6.45) is -2.69. The van der Waals surface area contributed by atoms with Crippen LogP contribution in [0.5, 0.6) is 0 Å². The Morgan fingerprint density at radius 3 is 2.33 bits per heavy atom. The molecule has 0 radical (unpaired) electrons. The highest BCUT2D eigenvalue weighted by Crippen LogP contribution is 2.30. The zero-order valence-corrected chi connectivity index (χ0v) is 11.9.